The van der Waals surface area contributed by atoms with Crippen LogP contribution in [0.25, 0.3) is 0 Å². The van der Waals surface area contributed by atoms with Gasteiger partial charge in [0.25, 0.3) is 5.91 Å². The van der Waals surface area contributed by atoms with E-state index in [-0.39, 0.29) is 30.4 Å². The summed E-state index contributed by atoms with van der Waals surface area (Å²) >= 11 is 1.74. The first-order chi connectivity index (χ1) is 17.9. The Bertz CT molecular complexity index is 1230. The monoisotopic (exact) mass is 518 g/mol. The van der Waals surface area contributed by atoms with Crippen molar-refractivity contribution in [2.24, 2.45) is 0 Å². The molecule has 0 saturated heterocycles. The minimum Gasteiger partial charge on any atom is -0.497 e. The molecule has 3 aromatic rings. The summed E-state index contributed by atoms with van der Waals surface area (Å²) in [4.78, 5) is 32.0. The second-order valence-corrected chi connectivity index (χ2v) is 11.1. The fraction of sp³-hybridized carbons (Fsp3) is 0.400. The van der Waals surface area contributed by atoms with Gasteiger partial charge >= 0.3 is 0 Å². The number of carbonyl (C=O) groups excluding carboxylic acids is 2. The van der Waals surface area contributed by atoms with Gasteiger partial charge in [0.2, 0.25) is 5.91 Å². The van der Waals surface area contributed by atoms with Crippen molar-refractivity contribution in [1.29, 1.82) is 0 Å². The number of thiophene rings is 1. The molecule has 0 bridgehead atoms. The van der Waals surface area contributed by atoms with E-state index in [1.807, 2.05) is 17.0 Å². The first kappa shape index (κ1) is 25.3. The Morgan fingerprint density at radius 3 is 2.38 bits per heavy atom. The zero-order valence-corrected chi connectivity index (χ0v) is 22.5. The van der Waals surface area contributed by atoms with Crippen LogP contribution in [0.3, 0.4) is 0 Å². The molecule has 0 radical (unpaired) electrons. The van der Waals surface area contributed by atoms with Gasteiger partial charge in [-0.1, -0.05) is 26.0 Å². The van der Waals surface area contributed by atoms with Gasteiger partial charge in [-0.3, -0.25) is 9.59 Å². The molecule has 1 unspecified atom stereocenters. The molecule has 1 atom stereocenters. The number of rotatable bonds is 9. The molecule has 1 aliphatic carbocycles. The van der Waals surface area contributed by atoms with Crippen molar-refractivity contribution in [2.45, 2.75) is 51.1 Å². The molecule has 2 amide bonds. The van der Waals surface area contributed by atoms with E-state index in [4.69, 9.17) is 9.47 Å². The SMILES string of the molecule is COc1ccc(C(=O)N(CC(=O)N2CCc3sccc3C2COc2ccc(C(C)C)cc2)C2CC2)cc1. The third kappa shape index (κ3) is 5.67. The van der Waals surface area contributed by atoms with Crippen molar-refractivity contribution in [3.05, 3.63) is 81.5 Å². The number of nitrogens with zero attached hydrogens (tertiary/aromatic N) is 2. The van der Waals surface area contributed by atoms with Gasteiger partial charge in [0, 0.05) is 23.0 Å². The number of hydrogen-bond donors (Lipinski definition) is 0. The molecular weight excluding hydrogens is 484 g/mol. The summed E-state index contributed by atoms with van der Waals surface area (Å²) in [7, 11) is 1.60. The van der Waals surface area contributed by atoms with E-state index in [1.54, 1.807) is 47.6 Å². The van der Waals surface area contributed by atoms with E-state index in [0.29, 0.717) is 30.4 Å². The maximum absolute atomic E-state index is 13.7. The molecule has 2 heterocycles. The van der Waals surface area contributed by atoms with Crippen molar-refractivity contribution in [3.8, 4) is 11.5 Å². The predicted molar refractivity (Wildman–Crippen MR) is 146 cm³/mol. The van der Waals surface area contributed by atoms with E-state index in [9.17, 15) is 9.59 Å². The average molecular weight is 519 g/mol. The fourth-order valence-corrected chi connectivity index (χ4v) is 5.82. The van der Waals surface area contributed by atoms with Crippen molar-refractivity contribution >= 4 is 23.2 Å². The Kier molecular flexibility index (Phi) is 7.51. The Labute approximate surface area is 222 Å². The summed E-state index contributed by atoms with van der Waals surface area (Å²) in [5, 5.41) is 2.09. The molecule has 1 aliphatic heterocycles. The summed E-state index contributed by atoms with van der Waals surface area (Å²) in [6.45, 7) is 5.43. The Balaban J connectivity index is 1.31. The zero-order chi connectivity index (χ0) is 25.9. The van der Waals surface area contributed by atoms with Gasteiger partial charge in [-0.25, -0.2) is 0 Å². The van der Waals surface area contributed by atoms with Gasteiger partial charge < -0.3 is 19.3 Å². The van der Waals surface area contributed by atoms with E-state index >= 15 is 0 Å². The third-order valence-corrected chi connectivity index (χ3v) is 8.26. The first-order valence-corrected chi connectivity index (χ1v) is 13.9. The highest BCUT2D eigenvalue weighted by atomic mass is 32.1. The van der Waals surface area contributed by atoms with E-state index in [1.165, 1.54) is 10.4 Å². The van der Waals surface area contributed by atoms with Crippen LogP contribution in [0, 0.1) is 0 Å². The first-order valence-electron chi connectivity index (χ1n) is 13.0. The lowest BCUT2D eigenvalue weighted by atomic mass is 10.00. The van der Waals surface area contributed by atoms with Crippen LogP contribution in [-0.2, 0) is 11.2 Å². The van der Waals surface area contributed by atoms with Crippen LogP contribution < -0.4 is 9.47 Å². The fourth-order valence-electron chi connectivity index (χ4n) is 4.89. The van der Waals surface area contributed by atoms with Gasteiger partial charge in [0.1, 0.15) is 24.7 Å². The highest BCUT2D eigenvalue weighted by molar-refractivity contribution is 7.10. The highest BCUT2D eigenvalue weighted by Crippen LogP contribution is 2.35. The smallest absolute Gasteiger partial charge is 0.254 e. The molecule has 2 aliphatic rings. The number of fused-ring (bicyclic) bond motifs is 1. The second-order valence-electron chi connectivity index (χ2n) is 10.1. The molecule has 194 valence electrons. The minimum atomic E-state index is -0.176. The average Bonchev–Trinajstić information content (AvgIpc) is 3.65. The Morgan fingerprint density at radius 1 is 1.03 bits per heavy atom. The summed E-state index contributed by atoms with van der Waals surface area (Å²) in [6.07, 6.45) is 2.69. The molecule has 1 fully saturated rings. The van der Waals surface area contributed by atoms with Crippen LogP contribution in [0.4, 0.5) is 0 Å². The molecule has 1 saturated carbocycles. The quantitative estimate of drug-likeness (QED) is 0.365. The van der Waals surface area contributed by atoms with Gasteiger partial charge in [-0.2, -0.15) is 0 Å². The van der Waals surface area contributed by atoms with Crippen LogP contribution >= 0.6 is 11.3 Å². The highest BCUT2D eigenvalue weighted by Gasteiger charge is 2.38. The van der Waals surface area contributed by atoms with Crippen LogP contribution in [0.5, 0.6) is 11.5 Å². The van der Waals surface area contributed by atoms with E-state index in [0.717, 1.165) is 30.6 Å². The molecule has 2 aromatic carbocycles. The number of carbonyl (C=O) groups is 2. The Hall–Kier alpha value is -3.32. The summed E-state index contributed by atoms with van der Waals surface area (Å²) in [5.41, 5.74) is 3.00. The second kappa shape index (κ2) is 11.0. The number of methoxy groups -OCH3 is 1. The van der Waals surface area contributed by atoms with Crippen molar-refractivity contribution < 1.29 is 19.1 Å². The lowest BCUT2D eigenvalue weighted by Crippen LogP contribution is -2.48. The summed E-state index contributed by atoms with van der Waals surface area (Å²) < 4.78 is 11.4. The number of amides is 2. The van der Waals surface area contributed by atoms with Crippen LogP contribution in [-0.4, -0.2) is 54.5 Å². The maximum atomic E-state index is 13.7. The number of hydrogen-bond acceptors (Lipinski definition) is 5. The van der Waals surface area contributed by atoms with Crippen molar-refractivity contribution in [2.75, 3.05) is 26.8 Å². The molecule has 6 nitrogen and oxygen atoms in total. The Morgan fingerprint density at radius 2 is 1.73 bits per heavy atom. The molecule has 1 aromatic heterocycles. The molecule has 0 spiro atoms. The summed E-state index contributed by atoms with van der Waals surface area (Å²) in [6, 6.07) is 17.3. The summed E-state index contributed by atoms with van der Waals surface area (Å²) in [5.74, 6) is 1.82. The third-order valence-electron chi connectivity index (χ3n) is 7.26. The van der Waals surface area contributed by atoms with E-state index in [2.05, 4.69) is 37.4 Å². The van der Waals surface area contributed by atoms with Gasteiger partial charge in [-0.15, -0.1) is 11.3 Å². The van der Waals surface area contributed by atoms with Crippen LogP contribution in [0.15, 0.2) is 60.0 Å². The molecule has 5 rings (SSSR count). The molecular formula is C30H34N2O4S. The van der Waals surface area contributed by atoms with Crippen LogP contribution in [0.2, 0.25) is 0 Å². The minimum absolute atomic E-state index is 0.0330. The van der Waals surface area contributed by atoms with Gasteiger partial charge in [0.05, 0.1) is 13.2 Å². The number of ether oxygens (including phenoxy) is 2. The van der Waals surface area contributed by atoms with Crippen LogP contribution in [0.1, 0.15) is 65.0 Å². The standard InChI is InChI=1S/C30H34N2O4S/c1-20(2)21-4-12-25(13-5-21)36-19-27-26-15-17-37-28(26)14-16-31(27)29(33)18-32(23-8-9-23)30(34)22-6-10-24(35-3)11-7-22/h4-7,10-13,15,17,20,23,27H,8-9,14,16,18-19H2,1-3H3. The van der Waals surface area contributed by atoms with Crippen molar-refractivity contribution in [1.82, 2.24) is 9.80 Å². The number of benzene rings is 2. The predicted octanol–water partition coefficient (Wildman–Crippen LogP) is 5.69. The van der Waals surface area contributed by atoms with Gasteiger partial charge in [-0.05, 0) is 84.2 Å². The largest absolute Gasteiger partial charge is 0.497 e. The lowest BCUT2D eigenvalue weighted by Gasteiger charge is -2.37. The zero-order valence-electron chi connectivity index (χ0n) is 21.7. The normalized spacial score (nSPS) is 16.9. The molecule has 7 heteroatoms. The lowest BCUT2D eigenvalue weighted by molar-refractivity contribution is -0.135. The topological polar surface area (TPSA) is 59.1 Å². The molecule has 0 N–H and O–H groups in total. The van der Waals surface area contributed by atoms with E-state index < -0.39 is 0 Å². The molecule has 37 heavy (non-hydrogen) atoms. The maximum Gasteiger partial charge on any atom is 0.254 e. The van der Waals surface area contributed by atoms with Crippen molar-refractivity contribution in [3.63, 3.8) is 0 Å². The van der Waals surface area contributed by atoms with Gasteiger partial charge in [0.15, 0.2) is 0 Å².